The molecule has 5 heteroatoms. The molecule has 0 spiro atoms. The highest BCUT2D eigenvalue weighted by Gasteiger charge is 2.26. The summed E-state index contributed by atoms with van der Waals surface area (Å²) in [4.78, 5) is 0. The van der Waals surface area contributed by atoms with Gasteiger partial charge in [-0.2, -0.15) is 13.2 Å². The van der Waals surface area contributed by atoms with E-state index in [1.807, 2.05) is 37.3 Å². The molecule has 0 aliphatic heterocycles. The lowest BCUT2D eigenvalue weighted by Gasteiger charge is -2.17. The maximum Gasteiger partial charge on any atom is 0.401 e. The Kier molecular flexibility index (Phi) is 5.89. The van der Waals surface area contributed by atoms with Crippen molar-refractivity contribution in [1.82, 2.24) is 5.32 Å². The van der Waals surface area contributed by atoms with Crippen molar-refractivity contribution in [2.24, 2.45) is 0 Å². The summed E-state index contributed by atoms with van der Waals surface area (Å²) in [7, 11) is 0. The first-order valence-electron chi connectivity index (χ1n) is 6.08. The minimum Gasteiger partial charge on any atom is -0.489 e. The van der Waals surface area contributed by atoms with Crippen LogP contribution in [0.15, 0.2) is 30.3 Å². The third-order valence-corrected chi connectivity index (χ3v) is 2.35. The van der Waals surface area contributed by atoms with Gasteiger partial charge < -0.3 is 10.1 Å². The van der Waals surface area contributed by atoms with E-state index in [-0.39, 0.29) is 12.6 Å². The third kappa shape index (κ3) is 6.29. The van der Waals surface area contributed by atoms with Crippen molar-refractivity contribution >= 4 is 6.08 Å². The first-order valence-corrected chi connectivity index (χ1v) is 6.08. The fraction of sp³-hybridized carbons (Fsp3) is 0.429. The van der Waals surface area contributed by atoms with Crippen LogP contribution in [0.4, 0.5) is 13.2 Å². The molecule has 0 heterocycles. The van der Waals surface area contributed by atoms with Crippen LogP contribution >= 0.6 is 0 Å². The van der Waals surface area contributed by atoms with Gasteiger partial charge in [0.25, 0.3) is 0 Å². The average molecular weight is 273 g/mol. The van der Waals surface area contributed by atoms with Crippen LogP contribution in [-0.4, -0.2) is 25.4 Å². The van der Waals surface area contributed by atoms with E-state index in [4.69, 9.17) is 4.74 Å². The van der Waals surface area contributed by atoms with Crippen molar-refractivity contribution in [3.8, 4) is 5.75 Å². The van der Waals surface area contributed by atoms with Crippen molar-refractivity contribution in [2.45, 2.75) is 26.1 Å². The molecule has 1 rings (SSSR count). The minimum atomic E-state index is -4.19. The number of hydrogen-bond acceptors (Lipinski definition) is 2. The fourth-order valence-electron chi connectivity index (χ4n) is 1.58. The van der Waals surface area contributed by atoms with Crippen LogP contribution in [0, 0.1) is 0 Å². The van der Waals surface area contributed by atoms with E-state index in [2.05, 4.69) is 5.32 Å². The second-order valence-electron chi connectivity index (χ2n) is 4.21. The fourth-order valence-corrected chi connectivity index (χ4v) is 1.58. The van der Waals surface area contributed by atoms with Crippen LogP contribution in [0.25, 0.3) is 6.08 Å². The summed E-state index contributed by atoms with van der Waals surface area (Å²) in [6.45, 7) is 2.77. The molecular formula is C14H18F3NO. The molecule has 0 saturated carbocycles. The zero-order chi connectivity index (χ0) is 14.3. The van der Waals surface area contributed by atoms with Gasteiger partial charge in [0.05, 0.1) is 6.54 Å². The Labute approximate surface area is 111 Å². The highest BCUT2D eigenvalue weighted by atomic mass is 19.4. The summed E-state index contributed by atoms with van der Waals surface area (Å²) in [5.41, 5.74) is 0.910. The Morgan fingerprint density at radius 3 is 2.63 bits per heavy atom. The van der Waals surface area contributed by atoms with Gasteiger partial charge in [-0.3, -0.25) is 0 Å². The molecule has 2 nitrogen and oxygen atoms in total. The van der Waals surface area contributed by atoms with Gasteiger partial charge in [-0.1, -0.05) is 30.4 Å². The Morgan fingerprint density at radius 2 is 2.00 bits per heavy atom. The molecule has 0 aliphatic rings. The number of alkyl halides is 3. The SMILES string of the molecule is CC=Cc1ccccc1OC(C)CNCC(F)(F)F. The van der Waals surface area contributed by atoms with E-state index in [0.29, 0.717) is 5.75 Å². The zero-order valence-electron chi connectivity index (χ0n) is 11.0. The number of nitrogens with one attached hydrogen (secondary N) is 1. The lowest BCUT2D eigenvalue weighted by atomic mass is 10.2. The maximum atomic E-state index is 12.0. The average Bonchev–Trinajstić information content (AvgIpc) is 2.30. The largest absolute Gasteiger partial charge is 0.489 e. The molecule has 1 N–H and O–H groups in total. The number of hydrogen-bond donors (Lipinski definition) is 1. The molecule has 1 unspecified atom stereocenters. The Bertz CT molecular complexity index is 415. The van der Waals surface area contributed by atoms with Gasteiger partial charge in [0.2, 0.25) is 0 Å². The highest BCUT2D eigenvalue weighted by molar-refractivity contribution is 5.56. The van der Waals surface area contributed by atoms with Gasteiger partial charge in [-0.15, -0.1) is 0 Å². The quantitative estimate of drug-likeness (QED) is 0.854. The first kappa shape index (κ1) is 15.6. The van der Waals surface area contributed by atoms with Crippen LogP contribution in [0.1, 0.15) is 19.4 Å². The predicted octanol–water partition coefficient (Wildman–Crippen LogP) is 3.64. The number of halogens is 3. The number of benzene rings is 1. The van der Waals surface area contributed by atoms with Crippen LogP contribution < -0.4 is 10.1 Å². The van der Waals surface area contributed by atoms with E-state index in [1.165, 1.54) is 0 Å². The summed E-state index contributed by atoms with van der Waals surface area (Å²) in [6, 6.07) is 7.41. The van der Waals surface area contributed by atoms with Crippen molar-refractivity contribution in [3.05, 3.63) is 35.9 Å². The normalized spacial score (nSPS) is 13.7. The molecule has 0 radical (unpaired) electrons. The topological polar surface area (TPSA) is 21.3 Å². The van der Waals surface area contributed by atoms with Gasteiger partial charge in [0, 0.05) is 12.1 Å². The minimum absolute atomic E-state index is 0.143. The van der Waals surface area contributed by atoms with E-state index < -0.39 is 12.7 Å². The van der Waals surface area contributed by atoms with Crippen molar-refractivity contribution in [2.75, 3.05) is 13.1 Å². The lowest BCUT2D eigenvalue weighted by Crippen LogP contribution is -2.35. The van der Waals surface area contributed by atoms with Crippen molar-refractivity contribution < 1.29 is 17.9 Å². The van der Waals surface area contributed by atoms with Crippen LogP contribution in [0.5, 0.6) is 5.75 Å². The van der Waals surface area contributed by atoms with Crippen LogP contribution in [0.2, 0.25) is 0 Å². The van der Waals surface area contributed by atoms with Gasteiger partial charge in [-0.05, 0) is 19.9 Å². The van der Waals surface area contributed by atoms with Crippen LogP contribution in [0.3, 0.4) is 0 Å². The first-order chi connectivity index (χ1) is 8.92. The molecule has 0 fully saturated rings. The molecule has 1 aromatic carbocycles. The second-order valence-corrected chi connectivity index (χ2v) is 4.21. The summed E-state index contributed by atoms with van der Waals surface area (Å²) >= 11 is 0. The predicted molar refractivity (Wildman–Crippen MR) is 70.2 cm³/mol. The third-order valence-electron chi connectivity index (χ3n) is 2.35. The second kappa shape index (κ2) is 7.19. The summed E-state index contributed by atoms with van der Waals surface area (Å²) in [5, 5.41) is 2.33. The summed E-state index contributed by atoms with van der Waals surface area (Å²) in [5.74, 6) is 0.668. The highest BCUT2D eigenvalue weighted by Crippen LogP contribution is 2.20. The summed E-state index contributed by atoms with van der Waals surface area (Å²) in [6.07, 6.45) is -0.753. The van der Waals surface area contributed by atoms with E-state index in [9.17, 15) is 13.2 Å². The molecule has 0 aromatic heterocycles. The molecule has 1 atom stereocenters. The number of para-hydroxylation sites is 1. The number of allylic oxidation sites excluding steroid dienone is 1. The molecule has 0 amide bonds. The van der Waals surface area contributed by atoms with Gasteiger partial charge >= 0.3 is 6.18 Å². The van der Waals surface area contributed by atoms with Crippen LogP contribution in [-0.2, 0) is 0 Å². The molecule has 0 bridgehead atoms. The van der Waals surface area contributed by atoms with Crippen molar-refractivity contribution in [3.63, 3.8) is 0 Å². The maximum absolute atomic E-state index is 12.0. The van der Waals surface area contributed by atoms with Gasteiger partial charge in [0.1, 0.15) is 11.9 Å². The molecule has 0 aliphatic carbocycles. The van der Waals surface area contributed by atoms with Crippen molar-refractivity contribution in [1.29, 1.82) is 0 Å². The smallest absolute Gasteiger partial charge is 0.401 e. The molecule has 19 heavy (non-hydrogen) atoms. The van der Waals surface area contributed by atoms with E-state index in [0.717, 1.165) is 5.56 Å². The number of rotatable bonds is 6. The molecular weight excluding hydrogens is 255 g/mol. The van der Waals surface area contributed by atoms with Gasteiger partial charge in [-0.25, -0.2) is 0 Å². The molecule has 106 valence electrons. The van der Waals surface area contributed by atoms with E-state index in [1.54, 1.807) is 13.0 Å². The summed E-state index contributed by atoms with van der Waals surface area (Å²) < 4.78 is 41.6. The molecule has 0 saturated heterocycles. The molecule has 1 aromatic rings. The monoisotopic (exact) mass is 273 g/mol. The standard InChI is InChI=1S/C14H18F3NO/c1-3-6-12-7-4-5-8-13(12)19-11(2)9-18-10-14(15,16)17/h3-8,11,18H,9-10H2,1-2H3. The Hall–Kier alpha value is -1.49. The zero-order valence-corrected chi connectivity index (χ0v) is 11.0. The lowest BCUT2D eigenvalue weighted by molar-refractivity contribution is -0.125. The number of ether oxygens (including phenoxy) is 1. The Balaban J connectivity index is 2.50. The Morgan fingerprint density at radius 1 is 1.32 bits per heavy atom. The van der Waals surface area contributed by atoms with E-state index >= 15 is 0 Å². The van der Waals surface area contributed by atoms with Gasteiger partial charge in [0.15, 0.2) is 0 Å².